The third-order valence-electron chi connectivity index (χ3n) is 5.06. The van der Waals surface area contributed by atoms with Crippen LogP contribution >= 0.6 is 0 Å². The summed E-state index contributed by atoms with van der Waals surface area (Å²) >= 11 is 0. The number of carbonyl (C=O) groups is 1. The molecule has 30 heavy (non-hydrogen) atoms. The first-order chi connectivity index (χ1) is 14.3. The largest absolute Gasteiger partial charge is 0.326 e. The lowest BCUT2D eigenvalue weighted by molar-refractivity contribution is -0.116. The van der Waals surface area contributed by atoms with E-state index in [0.29, 0.717) is 12.8 Å². The molecule has 0 aliphatic carbocycles. The van der Waals surface area contributed by atoms with E-state index in [2.05, 4.69) is 10.0 Å². The van der Waals surface area contributed by atoms with Crippen LogP contribution in [0, 0.1) is 13.8 Å². The SMILES string of the molecule is Cc1cccc(NC(=O)CCc2ccc(S(=O)(=O)NCc3ccccc3)cc2)c1C. The van der Waals surface area contributed by atoms with Gasteiger partial charge in [0.2, 0.25) is 15.9 Å². The highest BCUT2D eigenvalue weighted by atomic mass is 32.2. The minimum atomic E-state index is -3.59. The highest BCUT2D eigenvalue weighted by Gasteiger charge is 2.14. The van der Waals surface area contributed by atoms with Gasteiger partial charge >= 0.3 is 0 Å². The Morgan fingerprint density at radius 2 is 1.53 bits per heavy atom. The van der Waals surface area contributed by atoms with Gasteiger partial charge in [0.05, 0.1) is 4.90 Å². The van der Waals surface area contributed by atoms with Crippen molar-refractivity contribution < 1.29 is 13.2 Å². The number of nitrogens with one attached hydrogen (secondary N) is 2. The van der Waals surface area contributed by atoms with Crippen molar-refractivity contribution >= 4 is 21.6 Å². The summed E-state index contributed by atoms with van der Waals surface area (Å²) in [5.74, 6) is -0.0649. The van der Waals surface area contributed by atoms with Gasteiger partial charge in [0.1, 0.15) is 0 Å². The summed E-state index contributed by atoms with van der Waals surface area (Å²) in [7, 11) is -3.59. The van der Waals surface area contributed by atoms with Crippen LogP contribution in [0.15, 0.2) is 77.7 Å². The molecular weight excluding hydrogens is 396 g/mol. The van der Waals surface area contributed by atoms with Crippen LogP contribution in [0.5, 0.6) is 0 Å². The van der Waals surface area contributed by atoms with Crippen molar-refractivity contribution in [2.24, 2.45) is 0 Å². The first-order valence-electron chi connectivity index (χ1n) is 9.84. The number of hydrogen-bond donors (Lipinski definition) is 2. The minimum absolute atomic E-state index is 0.0649. The van der Waals surface area contributed by atoms with Gasteiger partial charge in [-0.1, -0.05) is 54.6 Å². The van der Waals surface area contributed by atoms with E-state index in [4.69, 9.17) is 0 Å². The molecule has 156 valence electrons. The van der Waals surface area contributed by atoms with Gasteiger partial charge in [-0.25, -0.2) is 13.1 Å². The van der Waals surface area contributed by atoms with Crippen molar-refractivity contribution in [1.29, 1.82) is 0 Å². The van der Waals surface area contributed by atoms with Gasteiger partial charge in [-0.3, -0.25) is 4.79 Å². The Balaban J connectivity index is 1.55. The molecular formula is C24H26N2O3S. The molecule has 0 bridgehead atoms. The predicted molar refractivity (Wildman–Crippen MR) is 120 cm³/mol. The van der Waals surface area contributed by atoms with Crippen molar-refractivity contribution in [3.8, 4) is 0 Å². The molecule has 0 spiro atoms. The molecule has 0 saturated carbocycles. The van der Waals surface area contributed by atoms with Crippen LogP contribution in [-0.4, -0.2) is 14.3 Å². The maximum absolute atomic E-state index is 12.5. The second-order valence-corrected chi connectivity index (χ2v) is 9.02. The normalized spacial score (nSPS) is 11.3. The molecule has 3 aromatic carbocycles. The zero-order valence-corrected chi connectivity index (χ0v) is 18.0. The van der Waals surface area contributed by atoms with Crippen molar-refractivity contribution in [3.63, 3.8) is 0 Å². The van der Waals surface area contributed by atoms with Crippen LogP contribution in [0.25, 0.3) is 0 Å². The number of anilines is 1. The van der Waals surface area contributed by atoms with Gasteiger partial charge in [0.15, 0.2) is 0 Å². The molecule has 0 radical (unpaired) electrons. The summed E-state index contributed by atoms with van der Waals surface area (Å²) in [6.45, 7) is 4.23. The van der Waals surface area contributed by atoms with E-state index in [1.165, 1.54) is 0 Å². The zero-order chi connectivity index (χ0) is 21.6. The van der Waals surface area contributed by atoms with E-state index in [1.54, 1.807) is 24.3 Å². The summed E-state index contributed by atoms with van der Waals surface area (Å²) < 4.78 is 27.5. The monoisotopic (exact) mass is 422 g/mol. The topological polar surface area (TPSA) is 75.3 Å². The van der Waals surface area contributed by atoms with E-state index < -0.39 is 10.0 Å². The molecule has 6 heteroatoms. The van der Waals surface area contributed by atoms with Gasteiger partial charge in [-0.05, 0) is 60.7 Å². The van der Waals surface area contributed by atoms with Crippen LogP contribution in [0.1, 0.15) is 28.7 Å². The number of aryl methyl sites for hydroxylation is 2. The molecule has 0 aliphatic rings. The first kappa shape index (κ1) is 21.7. The van der Waals surface area contributed by atoms with E-state index in [-0.39, 0.29) is 17.3 Å². The lowest BCUT2D eigenvalue weighted by atomic mass is 10.1. The molecule has 0 aromatic heterocycles. The Kier molecular flexibility index (Phi) is 7.03. The maximum Gasteiger partial charge on any atom is 0.240 e. The molecule has 3 aromatic rings. The third-order valence-corrected chi connectivity index (χ3v) is 6.48. The van der Waals surface area contributed by atoms with Crippen molar-refractivity contribution in [2.45, 2.75) is 38.1 Å². The molecule has 1 amide bonds. The van der Waals surface area contributed by atoms with Crippen molar-refractivity contribution in [1.82, 2.24) is 4.72 Å². The Labute approximate surface area is 178 Å². The van der Waals surface area contributed by atoms with Crippen LogP contribution in [0.2, 0.25) is 0 Å². The molecule has 5 nitrogen and oxygen atoms in total. The smallest absolute Gasteiger partial charge is 0.240 e. The number of benzene rings is 3. The lowest BCUT2D eigenvalue weighted by Gasteiger charge is -2.11. The van der Waals surface area contributed by atoms with Crippen molar-refractivity contribution in [3.05, 3.63) is 95.1 Å². The second kappa shape index (κ2) is 9.69. The molecule has 0 aliphatic heterocycles. The van der Waals surface area contributed by atoms with Gasteiger partial charge in [-0.2, -0.15) is 0 Å². The molecule has 3 rings (SSSR count). The average Bonchev–Trinajstić information content (AvgIpc) is 2.75. The second-order valence-electron chi connectivity index (χ2n) is 7.25. The number of carbonyl (C=O) groups excluding carboxylic acids is 1. The standard InChI is InChI=1S/C24H26N2O3S/c1-18-7-6-10-23(19(18)2)26-24(27)16-13-20-11-14-22(15-12-20)30(28,29)25-17-21-8-4-3-5-9-21/h3-12,14-15,25H,13,16-17H2,1-2H3,(H,26,27). The van der Waals surface area contributed by atoms with E-state index in [0.717, 1.165) is 27.9 Å². The highest BCUT2D eigenvalue weighted by Crippen LogP contribution is 2.18. The lowest BCUT2D eigenvalue weighted by Crippen LogP contribution is -2.23. The Morgan fingerprint density at radius 1 is 0.833 bits per heavy atom. The van der Waals surface area contributed by atoms with Crippen LogP contribution in [0.3, 0.4) is 0 Å². The highest BCUT2D eigenvalue weighted by molar-refractivity contribution is 7.89. The first-order valence-corrected chi connectivity index (χ1v) is 11.3. The fourth-order valence-corrected chi connectivity index (χ4v) is 4.07. The van der Waals surface area contributed by atoms with E-state index in [1.807, 2.05) is 62.4 Å². The van der Waals surface area contributed by atoms with Crippen LogP contribution in [-0.2, 0) is 27.8 Å². The summed E-state index contributed by atoms with van der Waals surface area (Å²) in [6, 6.07) is 21.8. The van der Waals surface area contributed by atoms with E-state index >= 15 is 0 Å². The quantitative estimate of drug-likeness (QED) is 0.567. The van der Waals surface area contributed by atoms with Gasteiger partial charge in [-0.15, -0.1) is 0 Å². The number of amides is 1. The maximum atomic E-state index is 12.5. The summed E-state index contributed by atoms with van der Waals surface area (Å²) in [5, 5.41) is 2.94. The minimum Gasteiger partial charge on any atom is -0.326 e. The molecule has 0 saturated heterocycles. The number of hydrogen-bond acceptors (Lipinski definition) is 3. The Hall–Kier alpha value is -2.96. The predicted octanol–water partition coefficient (Wildman–Crippen LogP) is 4.35. The average molecular weight is 423 g/mol. The van der Waals surface area contributed by atoms with Crippen molar-refractivity contribution in [2.75, 3.05) is 5.32 Å². The van der Waals surface area contributed by atoms with Gasteiger partial charge < -0.3 is 5.32 Å². The third kappa shape index (κ3) is 5.78. The number of rotatable bonds is 8. The molecule has 2 N–H and O–H groups in total. The molecule has 0 heterocycles. The summed E-state index contributed by atoms with van der Waals surface area (Å²) in [5.41, 5.74) is 4.82. The fraction of sp³-hybridized carbons (Fsp3) is 0.208. The molecule has 0 atom stereocenters. The van der Waals surface area contributed by atoms with E-state index in [9.17, 15) is 13.2 Å². The van der Waals surface area contributed by atoms with Crippen LogP contribution < -0.4 is 10.0 Å². The Bertz CT molecular complexity index is 1110. The summed E-state index contributed by atoms with van der Waals surface area (Å²) in [6.07, 6.45) is 0.861. The summed E-state index contributed by atoms with van der Waals surface area (Å²) in [4.78, 5) is 12.5. The fourth-order valence-electron chi connectivity index (χ4n) is 3.05. The zero-order valence-electron chi connectivity index (χ0n) is 17.2. The Morgan fingerprint density at radius 3 is 2.23 bits per heavy atom. The number of sulfonamides is 1. The van der Waals surface area contributed by atoms with Crippen LogP contribution in [0.4, 0.5) is 5.69 Å². The van der Waals surface area contributed by atoms with Gasteiger partial charge in [0, 0.05) is 18.7 Å². The molecule has 0 fully saturated rings. The van der Waals surface area contributed by atoms with Gasteiger partial charge in [0.25, 0.3) is 0 Å². The molecule has 0 unspecified atom stereocenters.